The number of hydrogen-bond acceptors (Lipinski definition) is 3. The molecule has 0 unspecified atom stereocenters. The standard InChI is InChI=1S/C23H28N4/c1-18-20(21-8-4-6-19-7-5-12-27(18)23(19)21)10-13-25-14-16-26(17-15-25)22-9-2-3-11-24-22/h2-4,6,8-9,11H,5,7,10,12-17H2,1H3. The molecule has 140 valence electrons. The lowest BCUT2D eigenvalue weighted by atomic mass is 10.0. The van der Waals surface area contributed by atoms with Crippen LogP contribution in [0.2, 0.25) is 0 Å². The molecule has 0 amide bonds. The van der Waals surface area contributed by atoms with Crippen LogP contribution in [0.25, 0.3) is 10.9 Å². The number of aromatic nitrogens is 2. The highest BCUT2D eigenvalue weighted by Gasteiger charge is 2.21. The van der Waals surface area contributed by atoms with Crippen LogP contribution in [-0.2, 0) is 19.4 Å². The zero-order valence-corrected chi connectivity index (χ0v) is 16.2. The number of rotatable bonds is 4. The summed E-state index contributed by atoms with van der Waals surface area (Å²) in [7, 11) is 0. The fourth-order valence-corrected chi connectivity index (χ4v) is 4.91. The summed E-state index contributed by atoms with van der Waals surface area (Å²) in [5.74, 6) is 1.11. The van der Waals surface area contributed by atoms with E-state index in [-0.39, 0.29) is 0 Å². The lowest BCUT2D eigenvalue weighted by molar-refractivity contribution is 0.260. The summed E-state index contributed by atoms with van der Waals surface area (Å²) in [5, 5.41) is 1.50. The molecule has 0 saturated carbocycles. The van der Waals surface area contributed by atoms with Crippen LogP contribution in [0, 0.1) is 6.92 Å². The van der Waals surface area contributed by atoms with E-state index >= 15 is 0 Å². The largest absolute Gasteiger partial charge is 0.354 e. The van der Waals surface area contributed by atoms with Crippen LogP contribution < -0.4 is 4.90 Å². The van der Waals surface area contributed by atoms with Crippen molar-refractivity contribution >= 4 is 16.7 Å². The van der Waals surface area contributed by atoms with Gasteiger partial charge in [-0.15, -0.1) is 0 Å². The lowest BCUT2D eigenvalue weighted by Crippen LogP contribution is -2.47. The van der Waals surface area contributed by atoms with E-state index in [0.29, 0.717) is 0 Å². The molecule has 0 N–H and O–H groups in total. The summed E-state index contributed by atoms with van der Waals surface area (Å²) >= 11 is 0. The molecule has 4 nitrogen and oxygen atoms in total. The first kappa shape index (κ1) is 16.8. The molecule has 1 saturated heterocycles. The fourth-order valence-electron chi connectivity index (χ4n) is 4.91. The Morgan fingerprint density at radius 2 is 1.85 bits per heavy atom. The molecular weight excluding hydrogens is 332 g/mol. The minimum Gasteiger partial charge on any atom is -0.354 e. The number of pyridine rings is 1. The Bertz CT molecular complexity index is 936. The monoisotopic (exact) mass is 360 g/mol. The minimum atomic E-state index is 1.07. The molecule has 1 fully saturated rings. The van der Waals surface area contributed by atoms with Crippen molar-refractivity contribution in [3.8, 4) is 0 Å². The third-order valence-corrected chi connectivity index (χ3v) is 6.41. The van der Waals surface area contributed by atoms with Crippen LogP contribution in [0.3, 0.4) is 0 Å². The average molecular weight is 361 g/mol. The van der Waals surface area contributed by atoms with Gasteiger partial charge < -0.3 is 9.47 Å². The van der Waals surface area contributed by atoms with Gasteiger partial charge in [-0.25, -0.2) is 4.98 Å². The Hall–Kier alpha value is -2.33. The first-order valence-electron chi connectivity index (χ1n) is 10.3. The van der Waals surface area contributed by atoms with E-state index in [1.54, 1.807) is 5.56 Å². The second kappa shape index (κ2) is 7.01. The van der Waals surface area contributed by atoms with Gasteiger partial charge >= 0.3 is 0 Å². The maximum Gasteiger partial charge on any atom is 0.128 e. The molecule has 3 aromatic rings. The van der Waals surface area contributed by atoms with Crippen molar-refractivity contribution in [3.63, 3.8) is 0 Å². The quantitative estimate of drug-likeness (QED) is 0.710. The number of anilines is 1. The van der Waals surface area contributed by atoms with Gasteiger partial charge in [0.05, 0.1) is 5.52 Å². The van der Waals surface area contributed by atoms with E-state index in [1.165, 1.54) is 41.5 Å². The summed E-state index contributed by atoms with van der Waals surface area (Å²) in [6, 6.07) is 13.1. The SMILES string of the molecule is Cc1c(CCN2CCN(c3ccccn3)CC2)c2cccc3c2n1CCC3. The summed E-state index contributed by atoms with van der Waals surface area (Å²) in [6.07, 6.45) is 5.55. The molecule has 4 heterocycles. The van der Waals surface area contributed by atoms with Crippen LogP contribution in [0.5, 0.6) is 0 Å². The molecule has 5 rings (SSSR count). The Kier molecular flexibility index (Phi) is 4.36. The van der Waals surface area contributed by atoms with Crippen molar-refractivity contribution in [1.29, 1.82) is 0 Å². The van der Waals surface area contributed by atoms with Crippen molar-refractivity contribution in [2.75, 3.05) is 37.6 Å². The lowest BCUT2D eigenvalue weighted by Gasteiger charge is -2.35. The molecule has 2 aliphatic heterocycles. The third-order valence-electron chi connectivity index (χ3n) is 6.41. The number of hydrogen-bond donors (Lipinski definition) is 0. The highest BCUT2D eigenvalue weighted by molar-refractivity contribution is 5.88. The van der Waals surface area contributed by atoms with E-state index in [0.717, 1.165) is 45.0 Å². The van der Waals surface area contributed by atoms with Gasteiger partial charge in [0.1, 0.15) is 5.82 Å². The van der Waals surface area contributed by atoms with Gasteiger partial charge in [0.15, 0.2) is 0 Å². The zero-order valence-electron chi connectivity index (χ0n) is 16.2. The molecule has 0 aliphatic carbocycles. The van der Waals surface area contributed by atoms with Crippen molar-refractivity contribution in [1.82, 2.24) is 14.5 Å². The first-order valence-corrected chi connectivity index (χ1v) is 10.3. The molecule has 27 heavy (non-hydrogen) atoms. The summed E-state index contributed by atoms with van der Waals surface area (Å²) in [5.41, 5.74) is 6.11. The number of nitrogens with zero attached hydrogens (tertiary/aromatic N) is 4. The van der Waals surface area contributed by atoms with E-state index in [1.807, 2.05) is 12.3 Å². The second-order valence-electron chi connectivity index (χ2n) is 7.90. The molecule has 0 atom stereocenters. The number of piperazine rings is 1. The van der Waals surface area contributed by atoms with E-state index in [9.17, 15) is 0 Å². The third kappa shape index (κ3) is 3.02. The van der Waals surface area contributed by atoms with Gasteiger partial charge in [-0.1, -0.05) is 24.3 Å². The minimum absolute atomic E-state index is 1.07. The fraction of sp³-hybridized carbons (Fsp3) is 0.435. The first-order chi connectivity index (χ1) is 13.3. The molecule has 0 spiro atoms. The summed E-state index contributed by atoms with van der Waals surface area (Å²) < 4.78 is 2.57. The molecule has 0 radical (unpaired) electrons. The van der Waals surface area contributed by atoms with E-state index < -0.39 is 0 Å². The van der Waals surface area contributed by atoms with E-state index in [2.05, 4.69) is 56.6 Å². The maximum atomic E-state index is 4.50. The molecular formula is C23H28N4. The van der Waals surface area contributed by atoms with Gasteiger partial charge in [-0.3, -0.25) is 4.90 Å². The van der Waals surface area contributed by atoms with Gasteiger partial charge in [0.25, 0.3) is 0 Å². The number of benzene rings is 1. The van der Waals surface area contributed by atoms with Crippen molar-refractivity contribution in [3.05, 3.63) is 59.4 Å². The number of aryl methyl sites for hydroxylation is 2. The topological polar surface area (TPSA) is 24.3 Å². The van der Waals surface area contributed by atoms with E-state index in [4.69, 9.17) is 0 Å². The smallest absolute Gasteiger partial charge is 0.128 e. The van der Waals surface area contributed by atoms with Crippen molar-refractivity contribution in [2.45, 2.75) is 32.7 Å². The maximum absolute atomic E-state index is 4.50. The average Bonchev–Trinajstić information content (AvgIpc) is 3.01. The van der Waals surface area contributed by atoms with Gasteiger partial charge in [0.2, 0.25) is 0 Å². The highest BCUT2D eigenvalue weighted by Crippen LogP contribution is 2.32. The molecule has 1 aromatic carbocycles. The van der Waals surface area contributed by atoms with Crippen molar-refractivity contribution < 1.29 is 0 Å². The summed E-state index contributed by atoms with van der Waals surface area (Å²) in [6.45, 7) is 9.05. The van der Waals surface area contributed by atoms with Gasteiger partial charge in [-0.05, 0) is 49.4 Å². The predicted molar refractivity (Wildman–Crippen MR) is 112 cm³/mol. The van der Waals surface area contributed by atoms with Crippen LogP contribution in [-0.4, -0.2) is 47.2 Å². The van der Waals surface area contributed by atoms with Crippen LogP contribution in [0.4, 0.5) is 5.82 Å². The molecule has 2 aromatic heterocycles. The van der Waals surface area contributed by atoms with Gasteiger partial charge in [0, 0.05) is 56.5 Å². The predicted octanol–water partition coefficient (Wildman–Crippen LogP) is 3.66. The Morgan fingerprint density at radius 3 is 2.67 bits per heavy atom. The summed E-state index contributed by atoms with van der Waals surface area (Å²) in [4.78, 5) is 9.52. The Morgan fingerprint density at radius 1 is 0.963 bits per heavy atom. The van der Waals surface area contributed by atoms with Crippen molar-refractivity contribution in [2.24, 2.45) is 0 Å². The van der Waals surface area contributed by atoms with Crippen LogP contribution in [0.1, 0.15) is 23.2 Å². The van der Waals surface area contributed by atoms with Crippen LogP contribution >= 0.6 is 0 Å². The highest BCUT2D eigenvalue weighted by atomic mass is 15.3. The van der Waals surface area contributed by atoms with Gasteiger partial charge in [-0.2, -0.15) is 0 Å². The molecule has 2 aliphatic rings. The Labute approximate surface area is 161 Å². The number of para-hydroxylation sites is 1. The molecule has 0 bridgehead atoms. The Balaban J connectivity index is 1.28. The normalized spacial score (nSPS) is 17.6. The zero-order chi connectivity index (χ0) is 18.2. The second-order valence-corrected chi connectivity index (χ2v) is 7.90. The molecule has 4 heteroatoms. The van der Waals surface area contributed by atoms with Crippen LogP contribution in [0.15, 0.2) is 42.6 Å².